The molecule has 3 amide bonds. The normalized spacial score (nSPS) is 15.2. The first-order valence-corrected chi connectivity index (χ1v) is 14.0. The lowest BCUT2D eigenvalue weighted by atomic mass is 9.71. The SMILES string of the molecule is CC[C@H](C(=O)NC(C(=O)N(C)[C@H](/C=C(\C)C(=O)N(C)C(C)C)C(C)C)C(C)(C)C)C(C)(C)c1ccccc1. The number of rotatable bonds is 11. The Hall–Kier alpha value is -2.63. The van der Waals surface area contributed by atoms with E-state index in [1.807, 2.05) is 79.7 Å². The smallest absolute Gasteiger partial charge is 0.249 e. The maximum absolute atomic E-state index is 14.0. The van der Waals surface area contributed by atoms with Crippen LogP contribution in [0.3, 0.4) is 0 Å². The molecule has 0 radical (unpaired) electrons. The first-order valence-electron chi connectivity index (χ1n) is 14.0. The lowest BCUT2D eigenvalue weighted by molar-refractivity contribution is -0.141. The van der Waals surface area contributed by atoms with Gasteiger partial charge in [-0.15, -0.1) is 0 Å². The molecule has 0 heterocycles. The third kappa shape index (κ3) is 8.18. The summed E-state index contributed by atoms with van der Waals surface area (Å²) in [5, 5.41) is 3.14. The molecule has 0 aliphatic carbocycles. The first-order chi connectivity index (χ1) is 17.4. The first kappa shape index (κ1) is 33.4. The van der Waals surface area contributed by atoms with Gasteiger partial charge in [0.2, 0.25) is 17.7 Å². The largest absolute Gasteiger partial charge is 0.344 e. The molecule has 1 aromatic rings. The van der Waals surface area contributed by atoms with Gasteiger partial charge in [-0.1, -0.05) is 91.8 Å². The van der Waals surface area contributed by atoms with E-state index < -0.39 is 16.9 Å². The highest BCUT2D eigenvalue weighted by molar-refractivity contribution is 5.93. The molecule has 0 saturated heterocycles. The lowest BCUT2D eigenvalue weighted by Gasteiger charge is -2.40. The molecule has 6 heteroatoms. The molecule has 0 spiro atoms. The highest BCUT2D eigenvalue weighted by atomic mass is 16.2. The Morgan fingerprint density at radius 2 is 1.45 bits per heavy atom. The molecule has 0 saturated carbocycles. The summed E-state index contributed by atoms with van der Waals surface area (Å²) in [6.45, 7) is 21.9. The van der Waals surface area contributed by atoms with E-state index in [-0.39, 0.29) is 41.6 Å². The molecule has 0 aromatic heterocycles. The second-order valence-corrected chi connectivity index (χ2v) is 12.9. The van der Waals surface area contributed by atoms with Crippen LogP contribution in [0, 0.1) is 17.3 Å². The average Bonchev–Trinajstić information content (AvgIpc) is 2.83. The van der Waals surface area contributed by atoms with Crippen molar-refractivity contribution >= 4 is 17.7 Å². The standard InChI is InChI=1S/C32H53N3O3/c1-14-25(32(10,11)24-18-16-15-17-19-24)28(36)33-27(31(7,8)9)30(38)35(13)26(21(2)3)20-23(6)29(37)34(12)22(4)5/h15-22,25-27H,14H2,1-13H3,(H,33,36)/b23-20+/t25-,26-,27?/m1/s1. The predicted octanol–water partition coefficient (Wildman–Crippen LogP) is 5.82. The molecule has 3 atom stereocenters. The maximum atomic E-state index is 14.0. The Bertz CT molecular complexity index is 973. The van der Waals surface area contributed by atoms with Crippen LogP contribution in [-0.2, 0) is 19.8 Å². The lowest BCUT2D eigenvalue weighted by Crippen LogP contribution is -2.58. The van der Waals surface area contributed by atoms with Crippen LogP contribution in [0.4, 0.5) is 0 Å². The number of benzene rings is 1. The number of nitrogens with one attached hydrogen (secondary N) is 1. The number of carbonyl (C=O) groups excluding carboxylic acids is 3. The average molecular weight is 528 g/mol. The monoisotopic (exact) mass is 527 g/mol. The Balaban J connectivity index is 3.32. The van der Waals surface area contributed by atoms with Gasteiger partial charge >= 0.3 is 0 Å². The summed E-state index contributed by atoms with van der Waals surface area (Å²) in [6, 6.07) is 9.12. The van der Waals surface area contributed by atoms with Gasteiger partial charge in [0.25, 0.3) is 0 Å². The van der Waals surface area contributed by atoms with Gasteiger partial charge in [-0.25, -0.2) is 0 Å². The van der Waals surface area contributed by atoms with Crippen molar-refractivity contribution in [3.8, 4) is 0 Å². The molecule has 214 valence electrons. The number of hydrogen-bond donors (Lipinski definition) is 1. The topological polar surface area (TPSA) is 69.7 Å². The highest BCUT2D eigenvalue weighted by Crippen LogP contribution is 2.35. The van der Waals surface area contributed by atoms with Gasteiger partial charge in [0.15, 0.2) is 0 Å². The van der Waals surface area contributed by atoms with Crippen molar-refractivity contribution in [1.82, 2.24) is 15.1 Å². The van der Waals surface area contributed by atoms with Crippen LogP contribution in [0.25, 0.3) is 0 Å². The van der Waals surface area contributed by atoms with Gasteiger partial charge in [0.1, 0.15) is 6.04 Å². The third-order valence-corrected chi connectivity index (χ3v) is 7.84. The highest BCUT2D eigenvalue weighted by Gasteiger charge is 2.41. The minimum Gasteiger partial charge on any atom is -0.344 e. The van der Waals surface area contributed by atoms with Crippen molar-refractivity contribution < 1.29 is 14.4 Å². The van der Waals surface area contributed by atoms with Gasteiger partial charge in [0, 0.05) is 37.0 Å². The summed E-state index contributed by atoms with van der Waals surface area (Å²) in [7, 11) is 3.55. The minimum absolute atomic E-state index is 0.0545. The van der Waals surface area contributed by atoms with E-state index in [4.69, 9.17) is 0 Å². The van der Waals surface area contributed by atoms with Crippen molar-refractivity contribution in [1.29, 1.82) is 0 Å². The summed E-state index contributed by atoms with van der Waals surface area (Å²) >= 11 is 0. The van der Waals surface area contributed by atoms with Gasteiger partial charge in [-0.2, -0.15) is 0 Å². The second kappa shape index (κ2) is 13.4. The summed E-state index contributed by atoms with van der Waals surface area (Å²) in [5.41, 5.74) is 0.783. The molecular formula is C32H53N3O3. The predicted molar refractivity (Wildman–Crippen MR) is 158 cm³/mol. The minimum atomic E-state index is -0.718. The fourth-order valence-corrected chi connectivity index (χ4v) is 4.93. The Morgan fingerprint density at radius 1 is 0.921 bits per heavy atom. The zero-order valence-corrected chi connectivity index (χ0v) is 26.2. The molecular weight excluding hydrogens is 474 g/mol. The summed E-state index contributed by atoms with van der Waals surface area (Å²) in [6.07, 6.45) is 2.54. The molecule has 6 nitrogen and oxygen atoms in total. The molecule has 1 N–H and O–H groups in total. The zero-order chi connectivity index (χ0) is 29.6. The van der Waals surface area contributed by atoms with Crippen LogP contribution in [0.15, 0.2) is 42.0 Å². The molecule has 0 aliphatic rings. The molecule has 0 aliphatic heterocycles. The van der Waals surface area contributed by atoms with Crippen LogP contribution in [0.2, 0.25) is 0 Å². The van der Waals surface area contributed by atoms with Gasteiger partial charge in [0.05, 0.1) is 6.04 Å². The fraction of sp³-hybridized carbons (Fsp3) is 0.656. The second-order valence-electron chi connectivity index (χ2n) is 12.9. The van der Waals surface area contributed by atoms with Crippen LogP contribution in [0.5, 0.6) is 0 Å². The van der Waals surface area contributed by atoms with E-state index in [0.29, 0.717) is 12.0 Å². The van der Waals surface area contributed by atoms with Crippen molar-refractivity contribution in [3.63, 3.8) is 0 Å². The maximum Gasteiger partial charge on any atom is 0.249 e. The molecule has 38 heavy (non-hydrogen) atoms. The van der Waals surface area contributed by atoms with Crippen molar-refractivity contribution in [3.05, 3.63) is 47.5 Å². The number of carbonyl (C=O) groups is 3. The van der Waals surface area contributed by atoms with E-state index in [1.54, 1.807) is 30.8 Å². The summed E-state index contributed by atoms with van der Waals surface area (Å²) < 4.78 is 0. The van der Waals surface area contributed by atoms with Crippen LogP contribution in [0.1, 0.15) is 88.1 Å². The van der Waals surface area contributed by atoms with Crippen molar-refractivity contribution in [2.75, 3.05) is 14.1 Å². The van der Waals surface area contributed by atoms with Gasteiger partial charge in [-0.3, -0.25) is 14.4 Å². The molecule has 1 unspecified atom stereocenters. The Labute approximate surface area is 232 Å². The van der Waals surface area contributed by atoms with E-state index in [2.05, 4.69) is 31.3 Å². The number of hydrogen-bond acceptors (Lipinski definition) is 3. The summed E-state index contributed by atoms with van der Waals surface area (Å²) in [5.74, 6) is -0.566. The Kier molecular flexibility index (Phi) is 11.8. The van der Waals surface area contributed by atoms with Crippen molar-refractivity contribution in [2.24, 2.45) is 17.3 Å². The molecule has 0 fully saturated rings. The van der Waals surface area contributed by atoms with Crippen molar-refractivity contribution in [2.45, 2.75) is 106 Å². The summed E-state index contributed by atoms with van der Waals surface area (Å²) in [4.78, 5) is 44.0. The van der Waals surface area contributed by atoms with Crippen LogP contribution < -0.4 is 5.32 Å². The number of nitrogens with zero attached hydrogens (tertiary/aromatic N) is 2. The number of likely N-dealkylation sites (N-methyl/N-ethyl adjacent to an activating group) is 2. The van der Waals surface area contributed by atoms with Gasteiger partial charge in [-0.05, 0) is 44.1 Å². The van der Waals surface area contributed by atoms with E-state index in [1.165, 1.54) is 0 Å². The van der Waals surface area contributed by atoms with Crippen LogP contribution in [-0.4, -0.2) is 59.7 Å². The van der Waals surface area contributed by atoms with Crippen LogP contribution >= 0.6 is 0 Å². The third-order valence-electron chi connectivity index (χ3n) is 7.84. The zero-order valence-electron chi connectivity index (χ0n) is 26.2. The molecule has 1 rings (SSSR count). The quantitative estimate of drug-likeness (QED) is 0.369. The van der Waals surface area contributed by atoms with E-state index >= 15 is 0 Å². The molecule has 1 aromatic carbocycles. The van der Waals surface area contributed by atoms with E-state index in [9.17, 15) is 14.4 Å². The number of amides is 3. The Morgan fingerprint density at radius 3 is 1.87 bits per heavy atom. The fourth-order valence-electron chi connectivity index (χ4n) is 4.93. The molecule has 0 bridgehead atoms. The van der Waals surface area contributed by atoms with E-state index in [0.717, 1.165) is 5.56 Å². The van der Waals surface area contributed by atoms with Gasteiger partial charge < -0.3 is 15.1 Å².